The topological polar surface area (TPSA) is 51.8 Å². The van der Waals surface area contributed by atoms with E-state index in [1.807, 2.05) is 18.2 Å². The SMILES string of the molecule is CC1(C)c2ccccc2-c2cc(-c3nc(-c4ccccc4)nc(-c4cccc(-c5cccc6oc7ccc(-c8ccc9c%10ccccc%10c%10ccccc%10c9c8)cc7c56)c4)n3)ccc21. The van der Waals surface area contributed by atoms with E-state index in [1.165, 1.54) is 60.1 Å². The number of fused-ring (bicyclic) bond motifs is 12. The van der Waals surface area contributed by atoms with Gasteiger partial charge in [-0.2, -0.15) is 0 Å². The van der Waals surface area contributed by atoms with Crippen LogP contribution in [0.3, 0.4) is 0 Å². The molecule has 0 bridgehead atoms. The summed E-state index contributed by atoms with van der Waals surface area (Å²) < 4.78 is 6.56. The molecule has 0 unspecified atom stereocenters. The lowest BCUT2D eigenvalue weighted by Gasteiger charge is -2.21. The van der Waals surface area contributed by atoms with Crippen LogP contribution in [0, 0.1) is 0 Å². The molecule has 12 aromatic rings. The highest BCUT2D eigenvalue weighted by atomic mass is 16.3. The molecule has 0 radical (unpaired) electrons. The van der Waals surface area contributed by atoms with E-state index in [4.69, 9.17) is 19.4 Å². The fourth-order valence-corrected chi connectivity index (χ4v) is 10.4. The van der Waals surface area contributed by atoms with Crippen molar-refractivity contribution in [2.45, 2.75) is 19.3 Å². The molecule has 0 spiro atoms. The van der Waals surface area contributed by atoms with Gasteiger partial charge in [0.25, 0.3) is 0 Å². The molecule has 4 heteroatoms. The predicted molar refractivity (Wildman–Crippen MR) is 264 cm³/mol. The molecule has 0 fully saturated rings. The highest BCUT2D eigenvalue weighted by Crippen LogP contribution is 2.49. The van der Waals surface area contributed by atoms with Crippen LogP contribution in [-0.2, 0) is 5.41 Å². The first-order valence-electron chi connectivity index (χ1n) is 21.9. The molecule has 0 amide bonds. The molecule has 1 aliphatic carbocycles. The van der Waals surface area contributed by atoms with Crippen molar-refractivity contribution in [3.05, 3.63) is 211 Å². The first kappa shape index (κ1) is 36.4. The summed E-state index contributed by atoms with van der Waals surface area (Å²) in [5.41, 5.74) is 14.0. The van der Waals surface area contributed by atoms with Crippen molar-refractivity contribution < 1.29 is 4.42 Å². The maximum atomic E-state index is 6.56. The van der Waals surface area contributed by atoms with Gasteiger partial charge in [-0.15, -0.1) is 0 Å². The van der Waals surface area contributed by atoms with Crippen molar-refractivity contribution in [3.8, 4) is 67.5 Å². The number of benzene rings is 10. The second kappa shape index (κ2) is 13.9. The van der Waals surface area contributed by atoms with Gasteiger partial charge in [0.1, 0.15) is 11.2 Å². The third-order valence-electron chi connectivity index (χ3n) is 13.5. The predicted octanol–water partition coefficient (Wildman–Crippen LogP) is 15.9. The zero-order valence-electron chi connectivity index (χ0n) is 35.3. The summed E-state index contributed by atoms with van der Waals surface area (Å²) in [4.78, 5) is 15.5. The van der Waals surface area contributed by atoms with Gasteiger partial charge in [0.15, 0.2) is 17.5 Å². The Morgan fingerprint density at radius 2 is 0.828 bits per heavy atom. The Labute approximate surface area is 370 Å². The first-order chi connectivity index (χ1) is 31.5. The van der Waals surface area contributed by atoms with E-state index in [0.29, 0.717) is 17.5 Å². The second-order valence-corrected chi connectivity index (χ2v) is 17.5. The van der Waals surface area contributed by atoms with Gasteiger partial charge < -0.3 is 4.42 Å². The van der Waals surface area contributed by atoms with Crippen molar-refractivity contribution >= 4 is 54.3 Å². The minimum absolute atomic E-state index is 0.0867. The van der Waals surface area contributed by atoms with Crippen LogP contribution in [0.5, 0.6) is 0 Å². The monoisotopic (exact) mass is 817 g/mol. The Hall–Kier alpha value is -8.21. The highest BCUT2D eigenvalue weighted by Gasteiger charge is 2.35. The van der Waals surface area contributed by atoms with E-state index >= 15 is 0 Å². The molecule has 0 aliphatic heterocycles. The lowest BCUT2D eigenvalue weighted by atomic mass is 9.82. The van der Waals surface area contributed by atoms with Gasteiger partial charge in [0.05, 0.1) is 0 Å². The van der Waals surface area contributed by atoms with Crippen LogP contribution in [0.2, 0.25) is 0 Å². The maximum absolute atomic E-state index is 6.56. The van der Waals surface area contributed by atoms with Crippen molar-refractivity contribution in [1.29, 1.82) is 0 Å². The Morgan fingerprint density at radius 3 is 1.58 bits per heavy atom. The van der Waals surface area contributed by atoms with Crippen LogP contribution in [0.25, 0.3) is 122 Å². The van der Waals surface area contributed by atoms with E-state index in [1.54, 1.807) is 0 Å². The Morgan fingerprint density at radius 1 is 0.312 bits per heavy atom. The fourth-order valence-electron chi connectivity index (χ4n) is 10.4. The number of rotatable bonds is 5. The molecule has 10 aromatic carbocycles. The summed E-state index contributed by atoms with van der Waals surface area (Å²) in [6, 6.07) is 71.4. The summed E-state index contributed by atoms with van der Waals surface area (Å²) in [7, 11) is 0. The van der Waals surface area contributed by atoms with Crippen LogP contribution >= 0.6 is 0 Å². The molecule has 13 rings (SSSR count). The molecule has 64 heavy (non-hydrogen) atoms. The molecule has 4 nitrogen and oxygen atoms in total. The van der Waals surface area contributed by atoms with Crippen molar-refractivity contribution in [2.24, 2.45) is 0 Å². The minimum Gasteiger partial charge on any atom is -0.456 e. The van der Waals surface area contributed by atoms with Gasteiger partial charge >= 0.3 is 0 Å². The standard InChI is InChI=1S/C60H39N3O/c1-60(2)52-24-11-10-22-48(52)50-35-41(27-30-53(50)60)59-62-57(36-14-4-3-5-15-36)61-58(63-59)40-17-12-16-39(32-40)42-23-13-25-55-56(42)51-34-38(28-31-54(51)64-55)37-26-29-47-45-20-7-6-18-43(45)44-19-8-9-21-46(44)49(47)33-37/h3-35H,1-2H3. The Bertz CT molecular complexity index is 3850. The zero-order chi connectivity index (χ0) is 42.5. The molecule has 1 aliphatic rings. The van der Waals surface area contributed by atoms with E-state index in [0.717, 1.165) is 55.3 Å². The van der Waals surface area contributed by atoms with Gasteiger partial charge in [0.2, 0.25) is 0 Å². The van der Waals surface area contributed by atoms with E-state index in [2.05, 4.69) is 196 Å². The molecular weight excluding hydrogens is 779 g/mol. The molecule has 0 saturated carbocycles. The maximum Gasteiger partial charge on any atom is 0.164 e. The summed E-state index contributed by atoms with van der Waals surface area (Å²) >= 11 is 0. The van der Waals surface area contributed by atoms with Crippen molar-refractivity contribution in [1.82, 2.24) is 15.0 Å². The molecule has 2 heterocycles. The summed E-state index contributed by atoms with van der Waals surface area (Å²) in [5.74, 6) is 1.90. The van der Waals surface area contributed by atoms with E-state index in [-0.39, 0.29) is 5.41 Å². The first-order valence-corrected chi connectivity index (χ1v) is 21.9. The third-order valence-corrected chi connectivity index (χ3v) is 13.5. The summed E-state index contributed by atoms with van der Waals surface area (Å²) in [5, 5.41) is 9.76. The molecular formula is C60H39N3O. The molecule has 0 saturated heterocycles. The fraction of sp³-hybridized carbons (Fsp3) is 0.0500. The third kappa shape index (κ3) is 5.59. The normalized spacial score (nSPS) is 13.0. The minimum atomic E-state index is -0.0867. The number of hydrogen-bond acceptors (Lipinski definition) is 4. The molecule has 2 aromatic heterocycles. The van der Waals surface area contributed by atoms with Crippen LogP contribution in [0.1, 0.15) is 25.0 Å². The van der Waals surface area contributed by atoms with Crippen LogP contribution in [0.4, 0.5) is 0 Å². The van der Waals surface area contributed by atoms with Crippen molar-refractivity contribution in [2.75, 3.05) is 0 Å². The van der Waals surface area contributed by atoms with Crippen LogP contribution in [0.15, 0.2) is 205 Å². The highest BCUT2D eigenvalue weighted by molar-refractivity contribution is 6.26. The van der Waals surface area contributed by atoms with Gasteiger partial charge in [-0.1, -0.05) is 178 Å². The van der Waals surface area contributed by atoms with Gasteiger partial charge in [-0.3, -0.25) is 0 Å². The van der Waals surface area contributed by atoms with E-state index < -0.39 is 0 Å². The lowest BCUT2D eigenvalue weighted by molar-refractivity contribution is 0.660. The number of furan rings is 1. The largest absolute Gasteiger partial charge is 0.456 e. The number of hydrogen-bond donors (Lipinski definition) is 0. The van der Waals surface area contributed by atoms with Crippen LogP contribution in [-0.4, -0.2) is 15.0 Å². The Balaban J connectivity index is 0.939. The quantitative estimate of drug-likeness (QED) is 0.162. The van der Waals surface area contributed by atoms with Gasteiger partial charge in [0, 0.05) is 32.9 Å². The van der Waals surface area contributed by atoms with Gasteiger partial charge in [-0.05, 0) is 113 Å². The average molecular weight is 818 g/mol. The van der Waals surface area contributed by atoms with Crippen molar-refractivity contribution in [3.63, 3.8) is 0 Å². The number of aromatic nitrogens is 3. The lowest BCUT2D eigenvalue weighted by Crippen LogP contribution is -2.14. The Kier molecular flexibility index (Phi) is 7.92. The zero-order valence-corrected chi connectivity index (χ0v) is 35.3. The number of nitrogens with zero attached hydrogens (tertiary/aromatic N) is 3. The smallest absolute Gasteiger partial charge is 0.164 e. The molecule has 0 N–H and O–H groups in total. The molecule has 0 atom stereocenters. The summed E-state index contributed by atoms with van der Waals surface area (Å²) in [6.07, 6.45) is 0. The van der Waals surface area contributed by atoms with Crippen LogP contribution < -0.4 is 0 Å². The molecule has 300 valence electrons. The van der Waals surface area contributed by atoms with Gasteiger partial charge in [-0.25, -0.2) is 15.0 Å². The van der Waals surface area contributed by atoms with E-state index in [9.17, 15) is 0 Å². The second-order valence-electron chi connectivity index (χ2n) is 17.5. The summed E-state index contributed by atoms with van der Waals surface area (Å²) in [6.45, 7) is 4.61. The average Bonchev–Trinajstić information content (AvgIpc) is 3.85.